The highest BCUT2D eigenvalue weighted by Crippen LogP contribution is 2.26. The fourth-order valence-corrected chi connectivity index (χ4v) is 4.35. The molecule has 10 nitrogen and oxygen atoms in total. The van der Waals surface area contributed by atoms with Crippen molar-refractivity contribution in [1.82, 2.24) is 34.8 Å². The topological polar surface area (TPSA) is 109 Å². The molecule has 0 radical (unpaired) electrons. The van der Waals surface area contributed by atoms with E-state index >= 15 is 0 Å². The van der Waals surface area contributed by atoms with E-state index in [9.17, 15) is 9.59 Å². The first kappa shape index (κ1) is 20.6. The number of carbonyl (C=O) groups excluding carboxylic acids is 1. The van der Waals surface area contributed by atoms with Crippen LogP contribution in [-0.4, -0.2) is 80.2 Å². The summed E-state index contributed by atoms with van der Waals surface area (Å²) in [5, 5.41) is 8.21. The van der Waals surface area contributed by atoms with E-state index < -0.39 is 0 Å². The van der Waals surface area contributed by atoms with Crippen LogP contribution in [0.4, 0.5) is 4.79 Å². The summed E-state index contributed by atoms with van der Waals surface area (Å²) in [6.07, 6.45) is 1.51. The standard InChI is InChI=1S/C22H27N7O3/c1-15-2-4-16(5-3-15)14-29-20-18(25-26-29)21(30)24-19(23-20)17-6-8-27(9-7-17)22(31)28-10-12-32-13-11-28/h2-5,17H,6-14H2,1H3,(H,23,24,30). The van der Waals surface area contributed by atoms with Gasteiger partial charge in [0.05, 0.1) is 19.8 Å². The Hall–Kier alpha value is -3.27. The van der Waals surface area contributed by atoms with Crippen molar-refractivity contribution >= 4 is 17.2 Å². The van der Waals surface area contributed by atoms with E-state index in [4.69, 9.17) is 9.72 Å². The minimum absolute atomic E-state index is 0.0732. The number of aryl methyl sites for hydroxylation is 1. The zero-order valence-electron chi connectivity index (χ0n) is 18.2. The summed E-state index contributed by atoms with van der Waals surface area (Å²) < 4.78 is 7.01. The molecule has 32 heavy (non-hydrogen) atoms. The molecule has 0 saturated carbocycles. The second kappa shape index (κ2) is 8.70. The highest BCUT2D eigenvalue weighted by Gasteiger charge is 2.29. The van der Waals surface area contributed by atoms with Crippen molar-refractivity contribution in [3.63, 3.8) is 0 Å². The van der Waals surface area contributed by atoms with Crippen molar-refractivity contribution in [2.75, 3.05) is 39.4 Å². The second-order valence-electron chi connectivity index (χ2n) is 8.50. The lowest BCUT2D eigenvalue weighted by molar-refractivity contribution is 0.0410. The van der Waals surface area contributed by atoms with E-state index in [1.807, 2.05) is 41.0 Å². The number of amides is 2. The van der Waals surface area contributed by atoms with Crippen LogP contribution in [0.2, 0.25) is 0 Å². The fraction of sp³-hybridized carbons (Fsp3) is 0.500. The van der Waals surface area contributed by atoms with Gasteiger partial charge in [0.25, 0.3) is 5.56 Å². The molecule has 4 heterocycles. The number of hydrogen-bond acceptors (Lipinski definition) is 6. The Morgan fingerprint density at radius 2 is 1.78 bits per heavy atom. The maximum absolute atomic E-state index is 12.7. The number of rotatable bonds is 3. The molecule has 0 aliphatic carbocycles. The molecule has 2 aliphatic rings. The zero-order valence-corrected chi connectivity index (χ0v) is 18.2. The van der Waals surface area contributed by atoms with E-state index in [1.54, 1.807) is 4.68 Å². The van der Waals surface area contributed by atoms with Crippen LogP contribution >= 0.6 is 0 Å². The lowest BCUT2D eigenvalue weighted by Crippen LogP contribution is -2.50. The third-order valence-corrected chi connectivity index (χ3v) is 6.28. The summed E-state index contributed by atoms with van der Waals surface area (Å²) in [6.45, 7) is 6.30. The van der Waals surface area contributed by atoms with Crippen molar-refractivity contribution in [2.24, 2.45) is 0 Å². The van der Waals surface area contributed by atoms with E-state index in [0.717, 1.165) is 18.4 Å². The Kier molecular flexibility index (Phi) is 5.60. The number of nitrogens with one attached hydrogen (secondary N) is 1. The van der Waals surface area contributed by atoms with E-state index in [2.05, 4.69) is 15.3 Å². The molecule has 0 bridgehead atoms. The molecule has 10 heteroatoms. The highest BCUT2D eigenvalue weighted by molar-refractivity contribution is 5.74. The van der Waals surface area contributed by atoms with Gasteiger partial charge in [-0.15, -0.1) is 5.10 Å². The molecule has 2 aliphatic heterocycles. The molecular weight excluding hydrogens is 410 g/mol. The first-order valence-corrected chi connectivity index (χ1v) is 11.1. The maximum Gasteiger partial charge on any atom is 0.320 e. The molecule has 2 aromatic heterocycles. The Balaban J connectivity index is 1.32. The largest absolute Gasteiger partial charge is 0.378 e. The molecule has 0 spiro atoms. The number of H-pyrrole nitrogens is 1. The third-order valence-electron chi connectivity index (χ3n) is 6.28. The number of fused-ring (bicyclic) bond motifs is 1. The van der Waals surface area contributed by atoms with Gasteiger partial charge >= 0.3 is 6.03 Å². The number of carbonyl (C=O) groups is 1. The molecule has 2 fully saturated rings. The molecule has 1 aromatic carbocycles. The van der Waals surface area contributed by atoms with Crippen LogP contribution < -0.4 is 5.56 Å². The number of aromatic nitrogens is 5. The van der Waals surface area contributed by atoms with Gasteiger partial charge in [0.2, 0.25) is 0 Å². The first-order valence-electron chi connectivity index (χ1n) is 11.1. The first-order chi connectivity index (χ1) is 15.6. The van der Waals surface area contributed by atoms with Gasteiger partial charge in [-0.25, -0.2) is 14.5 Å². The van der Waals surface area contributed by atoms with Crippen LogP contribution in [0, 0.1) is 6.92 Å². The van der Waals surface area contributed by atoms with Crippen LogP contribution in [0.15, 0.2) is 29.1 Å². The summed E-state index contributed by atoms with van der Waals surface area (Å²) >= 11 is 0. The minimum Gasteiger partial charge on any atom is -0.378 e. The molecular formula is C22H27N7O3. The van der Waals surface area contributed by atoms with Gasteiger partial charge in [-0.1, -0.05) is 35.0 Å². The van der Waals surface area contributed by atoms with Crippen molar-refractivity contribution in [3.05, 3.63) is 51.6 Å². The van der Waals surface area contributed by atoms with E-state index in [0.29, 0.717) is 57.4 Å². The number of urea groups is 1. The lowest BCUT2D eigenvalue weighted by Gasteiger charge is -2.36. The monoisotopic (exact) mass is 437 g/mol. The van der Waals surface area contributed by atoms with Crippen LogP contribution in [0.25, 0.3) is 11.2 Å². The summed E-state index contributed by atoms with van der Waals surface area (Å²) in [4.78, 5) is 36.8. The van der Waals surface area contributed by atoms with Gasteiger partial charge in [0.1, 0.15) is 5.82 Å². The summed E-state index contributed by atoms with van der Waals surface area (Å²) in [6, 6.07) is 8.25. The summed E-state index contributed by atoms with van der Waals surface area (Å²) in [5.74, 6) is 0.733. The van der Waals surface area contributed by atoms with Gasteiger partial charge in [-0.3, -0.25) is 4.79 Å². The van der Waals surface area contributed by atoms with Gasteiger partial charge in [0, 0.05) is 32.1 Å². The lowest BCUT2D eigenvalue weighted by atomic mass is 9.96. The molecule has 3 aromatic rings. The van der Waals surface area contributed by atoms with Crippen molar-refractivity contribution in [3.8, 4) is 0 Å². The Morgan fingerprint density at radius 1 is 1.09 bits per heavy atom. The number of benzene rings is 1. The molecule has 1 N–H and O–H groups in total. The predicted molar refractivity (Wildman–Crippen MR) is 118 cm³/mol. The average molecular weight is 438 g/mol. The Morgan fingerprint density at radius 3 is 2.50 bits per heavy atom. The smallest absolute Gasteiger partial charge is 0.320 e. The van der Waals surface area contributed by atoms with Gasteiger partial charge in [0.15, 0.2) is 11.2 Å². The van der Waals surface area contributed by atoms with Gasteiger partial charge in [-0.05, 0) is 25.3 Å². The van der Waals surface area contributed by atoms with Crippen LogP contribution in [-0.2, 0) is 11.3 Å². The summed E-state index contributed by atoms with van der Waals surface area (Å²) in [5.41, 5.74) is 2.73. The molecule has 2 amide bonds. The number of piperidine rings is 1. The third kappa shape index (κ3) is 4.10. The number of ether oxygens (including phenoxy) is 1. The SMILES string of the molecule is Cc1ccc(Cn2nnc3c(=O)[nH]c(C4CCN(C(=O)N5CCOCC5)CC4)nc32)cc1. The molecule has 168 valence electrons. The van der Waals surface area contributed by atoms with Crippen LogP contribution in [0.5, 0.6) is 0 Å². The number of hydrogen-bond donors (Lipinski definition) is 1. The average Bonchev–Trinajstić information content (AvgIpc) is 3.24. The van der Waals surface area contributed by atoms with Gasteiger partial charge < -0.3 is 19.5 Å². The number of likely N-dealkylation sites (tertiary alicyclic amines) is 1. The number of nitrogens with zero attached hydrogens (tertiary/aromatic N) is 6. The van der Waals surface area contributed by atoms with Crippen LogP contribution in [0.3, 0.4) is 0 Å². The maximum atomic E-state index is 12.7. The van der Waals surface area contributed by atoms with Crippen molar-refractivity contribution < 1.29 is 9.53 Å². The fourth-order valence-electron chi connectivity index (χ4n) is 4.35. The number of aromatic amines is 1. The van der Waals surface area contributed by atoms with Crippen LogP contribution in [0.1, 0.15) is 35.7 Å². The van der Waals surface area contributed by atoms with E-state index in [1.165, 1.54) is 5.56 Å². The van der Waals surface area contributed by atoms with Crippen molar-refractivity contribution in [1.29, 1.82) is 0 Å². The molecule has 0 atom stereocenters. The van der Waals surface area contributed by atoms with E-state index in [-0.39, 0.29) is 23.0 Å². The molecule has 2 saturated heterocycles. The summed E-state index contributed by atoms with van der Waals surface area (Å²) in [7, 11) is 0. The second-order valence-corrected chi connectivity index (χ2v) is 8.50. The Labute approximate surface area is 185 Å². The zero-order chi connectivity index (χ0) is 22.1. The highest BCUT2D eigenvalue weighted by atomic mass is 16.5. The predicted octanol–water partition coefficient (Wildman–Crippen LogP) is 1.50. The minimum atomic E-state index is -0.271. The molecule has 5 rings (SSSR count). The van der Waals surface area contributed by atoms with Gasteiger partial charge in [-0.2, -0.15) is 0 Å². The quantitative estimate of drug-likeness (QED) is 0.665. The molecule has 0 unspecified atom stereocenters. The number of morpholine rings is 1. The normalized spacial score (nSPS) is 17.8. The van der Waals surface area contributed by atoms with Crippen molar-refractivity contribution in [2.45, 2.75) is 32.2 Å². The Bertz CT molecular complexity index is 1160.